The molecule has 140 valence electrons. The van der Waals surface area contributed by atoms with Crippen molar-refractivity contribution in [2.24, 2.45) is 0 Å². The van der Waals surface area contributed by atoms with E-state index in [4.69, 9.17) is 16.4 Å². The Morgan fingerprint density at radius 3 is 2.31 bits per heavy atom. The van der Waals surface area contributed by atoms with Gasteiger partial charge in [-0.3, -0.25) is 9.63 Å². The van der Waals surface area contributed by atoms with Gasteiger partial charge in [-0.05, 0) is 43.7 Å². The monoisotopic (exact) mass is 396 g/mol. The Morgan fingerprint density at radius 2 is 1.73 bits per heavy atom. The molecule has 0 saturated carbocycles. The molecule has 0 fully saturated rings. The van der Waals surface area contributed by atoms with Gasteiger partial charge in [0.1, 0.15) is 4.90 Å². The Labute approximate surface area is 158 Å². The smallest absolute Gasteiger partial charge is 0.266 e. The largest absolute Gasteiger partial charge is 0.311 e. The van der Waals surface area contributed by atoms with Crippen LogP contribution in [0.3, 0.4) is 0 Å². The summed E-state index contributed by atoms with van der Waals surface area (Å²) < 4.78 is 25.7. The third kappa shape index (κ3) is 3.91. The third-order valence-electron chi connectivity index (χ3n) is 4.07. The molecular formula is C18H21ClN2O4S. The maximum atomic E-state index is 12.9. The minimum Gasteiger partial charge on any atom is -0.311 e. The van der Waals surface area contributed by atoms with Gasteiger partial charge in [-0.15, -0.1) is 0 Å². The first-order valence-electron chi connectivity index (χ1n) is 7.77. The van der Waals surface area contributed by atoms with Gasteiger partial charge in [-0.25, -0.2) is 8.42 Å². The molecule has 0 aliphatic rings. The second-order valence-electron chi connectivity index (χ2n) is 5.90. The lowest BCUT2D eigenvalue weighted by Crippen LogP contribution is -2.28. The van der Waals surface area contributed by atoms with E-state index in [1.807, 2.05) is 32.0 Å². The van der Waals surface area contributed by atoms with Gasteiger partial charge in [0, 0.05) is 25.3 Å². The average Bonchev–Trinajstić information content (AvgIpc) is 2.60. The van der Waals surface area contributed by atoms with Crippen LogP contribution in [0.4, 0.5) is 5.69 Å². The Hall–Kier alpha value is -1.93. The summed E-state index contributed by atoms with van der Waals surface area (Å²) in [7, 11) is 0.154. The molecule has 0 aliphatic heterocycles. The lowest BCUT2D eigenvalue weighted by molar-refractivity contribution is -0.0258. The van der Waals surface area contributed by atoms with Crippen LogP contribution in [0, 0.1) is 13.8 Å². The van der Waals surface area contributed by atoms with E-state index in [0.29, 0.717) is 4.47 Å². The van der Waals surface area contributed by atoms with Gasteiger partial charge < -0.3 is 4.90 Å². The first-order chi connectivity index (χ1) is 12.1. The molecule has 0 atom stereocenters. The lowest BCUT2D eigenvalue weighted by Gasteiger charge is -2.21. The molecule has 0 N–H and O–H groups in total. The van der Waals surface area contributed by atoms with Crippen molar-refractivity contribution < 1.29 is 18.0 Å². The number of halogens is 1. The van der Waals surface area contributed by atoms with Gasteiger partial charge in [0.15, 0.2) is 0 Å². The van der Waals surface area contributed by atoms with Crippen molar-refractivity contribution in [1.29, 1.82) is 0 Å². The number of carbonyl (C=O) groups excluding carboxylic acids is 1. The van der Waals surface area contributed by atoms with E-state index >= 15 is 0 Å². The molecule has 1 amide bonds. The summed E-state index contributed by atoms with van der Waals surface area (Å²) in [5.41, 5.74) is 2.99. The molecule has 0 aliphatic carbocycles. The molecule has 8 heteroatoms. The van der Waals surface area contributed by atoms with Crippen molar-refractivity contribution in [3.63, 3.8) is 0 Å². The maximum absolute atomic E-state index is 12.9. The van der Waals surface area contributed by atoms with E-state index < -0.39 is 10.0 Å². The summed E-state index contributed by atoms with van der Waals surface area (Å²) in [6, 6.07) is 9.89. The van der Waals surface area contributed by atoms with Crippen LogP contribution >= 0.6 is 11.6 Å². The second kappa shape index (κ2) is 7.75. The highest BCUT2D eigenvalue weighted by Gasteiger charge is 2.26. The molecule has 26 heavy (non-hydrogen) atoms. The van der Waals surface area contributed by atoms with E-state index in [1.54, 1.807) is 7.05 Å². The van der Waals surface area contributed by atoms with Crippen LogP contribution in [0.15, 0.2) is 41.3 Å². The molecular weight excluding hydrogens is 376 g/mol. The average molecular weight is 397 g/mol. The fourth-order valence-corrected chi connectivity index (χ4v) is 4.03. The number of hydrogen-bond donors (Lipinski definition) is 0. The SMILES string of the molecule is CON(C)S(=O)(=O)c1cc(C(=O)N(C)c2ccc(C)cc2C)ccc1Cl. The number of sulfonamides is 1. The predicted molar refractivity (Wildman–Crippen MR) is 102 cm³/mol. The standard InChI is InChI=1S/C18H21ClN2O4S/c1-12-6-9-16(13(2)10-12)20(3)18(22)14-7-8-15(19)17(11-14)26(23,24)21(4)25-5/h6-11H,1-5H3. The summed E-state index contributed by atoms with van der Waals surface area (Å²) in [5.74, 6) is -0.342. The van der Waals surface area contributed by atoms with E-state index in [2.05, 4.69) is 0 Å². The van der Waals surface area contributed by atoms with Crippen LogP contribution in [0.5, 0.6) is 0 Å². The van der Waals surface area contributed by atoms with Crippen LogP contribution in [0.1, 0.15) is 21.5 Å². The van der Waals surface area contributed by atoms with E-state index in [9.17, 15) is 13.2 Å². The zero-order chi connectivity index (χ0) is 19.6. The molecule has 0 radical (unpaired) electrons. The molecule has 0 bridgehead atoms. The number of anilines is 1. The van der Waals surface area contributed by atoms with E-state index in [-0.39, 0.29) is 21.4 Å². The van der Waals surface area contributed by atoms with Gasteiger partial charge in [-0.2, -0.15) is 0 Å². The first kappa shape index (κ1) is 20.4. The highest BCUT2D eigenvalue weighted by Crippen LogP contribution is 2.27. The second-order valence-corrected chi connectivity index (χ2v) is 8.21. The zero-order valence-corrected chi connectivity index (χ0v) is 16.9. The van der Waals surface area contributed by atoms with E-state index in [0.717, 1.165) is 16.8 Å². The highest BCUT2D eigenvalue weighted by molar-refractivity contribution is 7.89. The Bertz CT molecular complexity index is 944. The predicted octanol–water partition coefficient (Wildman–Crippen LogP) is 3.42. The van der Waals surface area contributed by atoms with Crippen molar-refractivity contribution in [3.05, 3.63) is 58.1 Å². The first-order valence-corrected chi connectivity index (χ1v) is 9.59. The molecule has 2 aromatic rings. The van der Waals surface area contributed by atoms with Crippen molar-refractivity contribution in [2.45, 2.75) is 18.7 Å². The highest BCUT2D eigenvalue weighted by atomic mass is 35.5. The number of benzene rings is 2. The van der Waals surface area contributed by atoms with Crippen LogP contribution in [0.2, 0.25) is 5.02 Å². The minimum atomic E-state index is -3.97. The van der Waals surface area contributed by atoms with Gasteiger partial charge in [0.2, 0.25) is 0 Å². The normalized spacial score (nSPS) is 11.7. The molecule has 0 saturated heterocycles. The van der Waals surface area contributed by atoms with Gasteiger partial charge >= 0.3 is 0 Å². The van der Waals surface area contributed by atoms with E-state index in [1.165, 1.54) is 37.3 Å². The Morgan fingerprint density at radius 1 is 1.08 bits per heavy atom. The number of hydroxylamine groups is 1. The topological polar surface area (TPSA) is 66.9 Å². The fourth-order valence-electron chi connectivity index (χ4n) is 2.56. The molecule has 0 spiro atoms. The number of carbonyl (C=O) groups is 1. The molecule has 0 aromatic heterocycles. The molecule has 6 nitrogen and oxygen atoms in total. The number of aryl methyl sites for hydroxylation is 2. The number of nitrogens with zero attached hydrogens (tertiary/aromatic N) is 2. The third-order valence-corrected chi connectivity index (χ3v) is 6.23. The minimum absolute atomic E-state index is 0.0135. The van der Waals surface area contributed by atoms with Crippen LogP contribution < -0.4 is 4.90 Å². The van der Waals surface area contributed by atoms with Gasteiger partial charge in [-0.1, -0.05) is 33.8 Å². The van der Waals surface area contributed by atoms with Crippen LogP contribution in [-0.4, -0.2) is 40.0 Å². The number of hydrogen-bond acceptors (Lipinski definition) is 4. The summed E-state index contributed by atoms with van der Waals surface area (Å²) in [6.45, 7) is 3.89. The number of rotatable bonds is 5. The molecule has 0 heterocycles. The van der Waals surface area contributed by atoms with Crippen molar-refractivity contribution >= 4 is 33.2 Å². The molecule has 0 unspecified atom stereocenters. The zero-order valence-electron chi connectivity index (χ0n) is 15.3. The summed E-state index contributed by atoms with van der Waals surface area (Å²) in [5, 5.41) is 0.0135. The van der Waals surface area contributed by atoms with Crippen molar-refractivity contribution in [2.75, 3.05) is 26.1 Å². The Balaban J connectivity index is 2.46. The summed E-state index contributed by atoms with van der Waals surface area (Å²) in [6.07, 6.45) is 0. The van der Waals surface area contributed by atoms with Crippen molar-refractivity contribution in [1.82, 2.24) is 4.47 Å². The van der Waals surface area contributed by atoms with Crippen molar-refractivity contribution in [3.8, 4) is 0 Å². The lowest BCUT2D eigenvalue weighted by atomic mass is 10.1. The quantitative estimate of drug-likeness (QED) is 0.726. The van der Waals surface area contributed by atoms with Gasteiger partial charge in [0.05, 0.1) is 12.1 Å². The van der Waals surface area contributed by atoms with Gasteiger partial charge in [0.25, 0.3) is 15.9 Å². The summed E-state index contributed by atoms with van der Waals surface area (Å²) in [4.78, 5) is 18.9. The van der Waals surface area contributed by atoms with Crippen LogP contribution in [-0.2, 0) is 14.9 Å². The number of amides is 1. The maximum Gasteiger partial charge on any atom is 0.266 e. The Kier molecular flexibility index (Phi) is 6.08. The fraction of sp³-hybridized carbons (Fsp3) is 0.278. The molecule has 2 rings (SSSR count). The van der Waals surface area contributed by atoms with Crippen LogP contribution in [0.25, 0.3) is 0 Å². The molecule has 2 aromatic carbocycles. The summed E-state index contributed by atoms with van der Waals surface area (Å²) >= 11 is 6.04.